The maximum absolute atomic E-state index is 11.2. The Kier molecular flexibility index (Phi) is 6.76. The highest BCUT2D eigenvalue weighted by Gasteiger charge is 2.22. The molecule has 1 aromatic carbocycles. The van der Waals surface area contributed by atoms with Crippen LogP contribution in [0.25, 0.3) is 0 Å². The first kappa shape index (κ1) is 18.7. The Morgan fingerprint density at radius 3 is 2.61 bits per heavy atom. The zero-order valence-electron chi connectivity index (χ0n) is 12.3. The summed E-state index contributed by atoms with van der Waals surface area (Å²) >= 11 is 3.02. The molecule has 0 heterocycles. The zero-order chi connectivity index (χ0) is 17.6. The molecule has 0 aliphatic heterocycles. The van der Waals surface area contributed by atoms with Crippen molar-refractivity contribution in [2.24, 2.45) is 5.73 Å². The highest BCUT2D eigenvalue weighted by Crippen LogP contribution is 2.36. The Morgan fingerprint density at radius 1 is 1.43 bits per heavy atom. The summed E-state index contributed by atoms with van der Waals surface area (Å²) in [5, 5.41) is 19.8. The molecule has 0 bridgehead atoms. The molecule has 2 amide bonds. The molecule has 23 heavy (non-hydrogen) atoms. The number of nitro benzene ring substituents is 1. The van der Waals surface area contributed by atoms with Crippen LogP contribution in [0, 0.1) is 10.1 Å². The number of carboxylic acid groups (broad SMARTS) is 1. The van der Waals surface area contributed by atoms with E-state index in [-0.39, 0.29) is 28.1 Å². The largest absolute Gasteiger partial charge is 0.487 e. The van der Waals surface area contributed by atoms with Crippen molar-refractivity contribution in [1.29, 1.82) is 0 Å². The van der Waals surface area contributed by atoms with Gasteiger partial charge in [0.25, 0.3) is 0 Å². The van der Waals surface area contributed by atoms with Crippen molar-refractivity contribution in [3.05, 3.63) is 32.3 Å². The van der Waals surface area contributed by atoms with E-state index < -0.39 is 16.9 Å². The second-order valence-electron chi connectivity index (χ2n) is 4.69. The van der Waals surface area contributed by atoms with E-state index in [0.29, 0.717) is 19.4 Å². The smallest absolute Gasteiger partial charge is 0.407 e. The predicted molar refractivity (Wildman–Crippen MR) is 84.7 cm³/mol. The number of hydrogen-bond acceptors (Lipinski definition) is 5. The molecular weight excluding hydrogens is 374 g/mol. The molecule has 0 radical (unpaired) electrons. The van der Waals surface area contributed by atoms with Crippen molar-refractivity contribution in [3.8, 4) is 5.75 Å². The van der Waals surface area contributed by atoms with Gasteiger partial charge in [0, 0.05) is 25.2 Å². The molecule has 0 spiro atoms. The molecule has 0 fully saturated rings. The van der Waals surface area contributed by atoms with Crippen molar-refractivity contribution >= 4 is 33.6 Å². The van der Waals surface area contributed by atoms with E-state index >= 15 is 0 Å². The number of nitrogens with two attached hydrogens (primary N) is 1. The first-order valence-corrected chi connectivity index (χ1v) is 7.38. The van der Waals surface area contributed by atoms with Gasteiger partial charge in [-0.2, -0.15) is 0 Å². The maximum Gasteiger partial charge on any atom is 0.407 e. The van der Waals surface area contributed by atoms with Gasteiger partial charge in [-0.3, -0.25) is 14.9 Å². The van der Waals surface area contributed by atoms with E-state index in [2.05, 4.69) is 15.9 Å². The van der Waals surface area contributed by atoms with Crippen molar-refractivity contribution in [1.82, 2.24) is 4.90 Å². The van der Waals surface area contributed by atoms with Crippen LogP contribution in [0.2, 0.25) is 0 Å². The summed E-state index contributed by atoms with van der Waals surface area (Å²) < 4.78 is 5.46. The number of rotatable bonds is 8. The lowest BCUT2D eigenvalue weighted by molar-refractivity contribution is -0.386. The molecule has 0 aliphatic rings. The van der Waals surface area contributed by atoms with Gasteiger partial charge >= 0.3 is 11.8 Å². The van der Waals surface area contributed by atoms with Crippen molar-refractivity contribution in [2.45, 2.75) is 12.8 Å². The first-order valence-electron chi connectivity index (χ1n) is 6.58. The van der Waals surface area contributed by atoms with E-state index in [0.717, 1.165) is 4.90 Å². The monoisotopic (exact) mass is 389 g/mol. The number of ether oxygens (including phenoxy) is 1. The van der Waals surface area contributed by atoms with Gasteiger partial charge in [-0.1, -0.05) is 0 Å². The van der Waals surface area contributed by atoms with Crippen LogP contribution >= 0.6 is 15.9 Å². The summed E-state index contributed by atoms with van der Waals surface area (Å²) in [6.45, 7) is 0.467. The molecule has 1 rings (SSSR count). The van der Waals surface area contributed by atoms with E-state index in [1.54, 1.807) is 0 Å². The first-order chi connectivity index (χ1) is 10.7. The zero-order valence-corrected chi connectivity index (χ0v) is 13.9. The fourth-order valence-electron chi connectivity index (χ4n) is 1.73. The van der Waals surface area contributed by atoms with Crippen LogP contribution in [0.4, 0.5) is 10.5 Å². The van der Waals surface area contributed by atoms with Gasteiger partial charge in [0.2, 0.25) is 5.91 Å². The van der Waals surface area contributed by atoms with Crippen molar-refractivity contribution in [2.75, 3.05) is 20.2 Å². The van der Waals surface area contributed by atoms with Crippen LogP contribution in [0.5, 0.6) is 5.75 Å². The molecule has 1 aromatic rings. The minimum atomic E-state index is -1.03. The lowest BCUT2D eigenvalue weighted by atomic mass is 10.2. The van der Waals surface area contributed by atoms with E-state index in [1.807, 2.05) is 0 Å². The summed E-state index contributed by atoms with van der Waals surface area (Å²) in [6, 6.07) is 2.48. The molecule has 0 saturated heterocycles. The van der Waals surface area contributed by atoms with Gasteiger partial charge in [-0.25, -0.2) is 4.79 Å². The molecule has 0 aromatic heterocycles. The Balaban J connectivity index is 2.73. The van der Waals surface area contributed by atoms with E-state index in [4.69, 9.17) is 15.6 Å². The lowest BCUT2D eigenvalue weighted by Crippen LogP contribution is -2.25. The van der Waals surface area contributed by atoms with Gasteiger partial charge in [0.1, 0.15) is 4.47 Å². The van der Waals surface area contributed by atoms with Crippen LogP contribution < -0.4 is 10.5 Å². The molecule has 3 N–H and O–H groups in total. The number of nitro groups is 1. The maximum atomic E-state index is 11.2. The van der Waals surface area contributed by atoms with E-state index in [9.17, 15) is 19.7 Å². The minimum Gasteiger partial charge on any atom is -0.487 e. The fraction of sp³-hybridized carbons (Fsp3) is 0.385. The normalized spacial score (nSPS) is 10.2. The number of carbonyl (C=O) groups excluding carboxylic acids is 1. The Morgan fingerprint density at radius 2 is 2.09 bits per heavy atom. The summed E-state index contributed by atoms with van der Waals surface area (Å²) in [5.74, 6) is -0.793. The SMILES string of the molecule is CN(CCCCOc1cc(C(N)=O)cc(Br)c1[N+](=O)[O-])C(=O)O. The number of unbranched alkanes of at least 4 members (excludes halogenated alkanes) is 1. The number of halogens is 1. The molecule has 0 saturated carbocycles. The third-order valence-corrected chi connectivity index (χ3v) is 3.57. The number of benzene rings is 1. The Hall–Kier alpha value is -2.36. The molecule has 0 unspecified atom stereocenters. The van der Waals surface area contributed by atoms with Crippen LogP contribution in [0.15, 0.2) is 16.6 Å². The Labute approximate surface area is 140 Å². The lowest BCUT2D eigenvalue weighted by Gasteiger charge is -2.13. The second kappa shape index (κ2) is 8.32. The number of primary amides is 1. The number of nitrogens with zero attached hydrogens (tertiary/aromatic N) is 2. The van der Waals surface area contributed by atoms with Crippen molar-refractivity contribution in [3.63, 3.8) is 0 Å². The van der Waals surface area contributed by atoms with Crippen LogP contribution in [0.1, 0.15) is 23.2 Å². The summed E-state index contributed by atoms with van der Waals surface area (Å²) in [6.07, 6.45) is 0.000138. The highest BCUT2D eigenvalue weighted by atomic mass is 79.9. The second-order valence-corrected chi connectivity index (χ2v) is 5.54. The summed E-state index contributed by atoms with van der Waals surface area (Å²) in [7, 11) is 1.45. The van der Waals surface area contributed by atoms with Crippen LogP contribution in [-0.2, 0) is 0 Å². The molecule has 9 nitrogen and oxygen atoms in total. The van der Waals surface area contributed by atoms with Gasteiger partial charge in [-0.15, -0.1) is 0 Å². The van der Waals surface area contributed by atoms with Crippen LogP contribution in [-0.4, -0.2) is 47.1 Å². The quantitative estimate of drug-likeness (QED) is 0.397. The number of hydrogen-bond donors (Lipinski definition) is 2. The third-order valence-electron chi connectivity index (χ3n) is 2.97. The predicted octanol–water partition coefficient (Wildman–Crippen LogP) is 2.22. The molecular formula is C13H16BrN3O6. The average Bonchev–Trinajstić information content (AvgIpc) is 2.45. The van der Waals surface area contributed by atoms with E-state index in [1.165, 1.54) is 19.2 Å². The van der Waals surface area contributed by atoms with Crippen molar-refractivity contribution < 1.29 is 24.4 Å². The van der Waals surface area contributed by atoms with Gasteiger partial charge in [-0.05, 0) is 34.8 Å². The molecule has 10 heteroatoms. The summed E-state index contributed by atoms with van der Waals surface area (Å²) in [5.41, 5.74) is 4.96. The summed E-state index contributed by atoms with van der Waals surface area (Å²) in [4.78, 5) is 33.4. The molecule has 0 atom stereocenters. The van der Waals surface area contributed by atoms with Gasteiger partial charge in [0.05, 0.1) is 11.5 Å². The van der Waals surface area contributed by atoms with Crippen LogP contribution in [0.3, 0.4) is 0 Å². The fourth-order valence-corrected chi connectivity index (χ4v) is 2.32. The minimum absolute atomic E-state index is 0.0650. The standard InChI is InChI=1S/C13H16BrN3O6/c1-16(13(19)20)4-2-3-5-23-10-7-8(12(15)18)6-9(14)11(10)17(21)22/h6-7H,2-5H2,1H3,(H2,15,18)(H,19,20). The number of carbonyl (C=O) groups is 2. The van der Waals surface area contributed by atoms with Gasteiger partial charge in [0.15, 0.2) is 5.75 Å². The third kappa shape index (κ3) is 5.40. The van der Waals surface area contributed by atoms with Gasteiger partial charge < -0.3 is 20.5 Å². The topological polar surface area (TPSA) is 136 Å². The Bertz CT molecular complexity index is 622. The molecule has 126 valence electrons. The average molecular weight is 390 g/mol. The number of amides is 2. The molecule has 0 aliphatic carbocycles. The highest BCUT2D eigenvalue weighted by molar-refractivity contribution is 9.10.